The lowest BCUT2D eigenvalue weighted by molar-refractivity contribution is -0.142. The largest absolute Gasteiger partial charge is 0.481 e. The predicted molar refractivity (Wildman–Crippen MR) is 75.9 cm³/mol. The minimum absolute atomic E-state index is 0.341. The second-order valence-corrected chi connectivity index (χ2v) is 6.31. The SMILES string of the molecule is CC(C)(C(=O)O)c1csc(-c2ccc(F)c(Br)c2)n1. The Balaban J connectivity index is 2.41. The fourth-order valence-corrected chi connectivity index (χ4v) is 2.80. The Hall–Kier alpha value is -1.27. The maximum absolute atomic E-state index is 13.2. The van der Waals surface area contributed by atoms with Gasteiger partial charge in [0, 0.05) is 10.9 Å². The third-order valence-corrected chi connectivity index (χ3v) is 4.34. The monoisotopic (exact) mass is 343 g/mol. The molecule has 1 aromatic carbocycles. The van der Waals surface area contributed by atoms with Crippen LogP contribution in [-0.4, -0.2) is 16.1 Å². The Bertz CT molecular complexity index is 639. The van der Waals surface area contributed by atoms with E-state index in [4.69, 9.17) is 5.11 Å². The zero-order valence-corrected chi connectivity index (χ0v) is 12.7. The summed E-state index contributed by atoms with van der Waals surface area (Å²) in [5.41, 5.74) is 0.220. The van der Waals surface area contributed by atoms with Gasteiger partial charge in [-0.15, -0.1) is 11.3 Å². The standard InChI is InChI=1S/C13H11BrFNO2S/c1-13(2,12(17)18)10-6-19-11(16-10)7-3-4-9(15)8(14)5-7/h3-6H,1-2H3,(H,17,18). The first-order valence-corrected chi connectivity index (χ1v) is 7.14. The summed E-state index contributed by atoms with van der Waals surface area (Å²) in [5.74, 6) is -1.27. The van der Waals surface area contributed by atoms with Gasteiger partial charge in [-0.3, -0.25) is 4.79 Å². The van der Waals surface area contributed by atoms with Crippen molar-refractivity contribution in [2.24, 2.45) is 0 Å². The zero-order chi connectivity index (χ0) is 14.2. The molecule has 0 aliphatic heterocycles. The molecular formula is C13H11BrFNO2S. The molecule has 0 unspecified atom stereocenters. The summed E-state index contributed by atoms with van der Waals surface area (Å²) in [6.07, 6.45) is 0. The molecule has 1 aromatic heterocycles. The fourth-order valence-electron chi connectivity index (χ4n) is 1.43. The van der Waals surface area contributed by atoms with Gasteiger partial charge in [0.05, 0.1) is 10.2 Å². The van der Waals surface area contributed by atoms with Gasteiger partial charge in [-0.1, -0.05) is 0 Å². The molecule has 3 nitrogen and oxygen atoms in total. The average molecular weight is 344 g/mol. The van der Waals surface area contributed by atoms with Crippen molar-refractivity contribution in [3.63, 3.8) is 0 Å². The van der Waals surface area contributed by atoms with E-state index in [1.165, 1.54) is 17.4 Å². The van der Waals surface area contributed by atoms with E-state index in [1.807, 2.05) is 0 Å². The summed E-state index contributed by atoms with van der Waals surface area (Å²) in [4.78, 5) is 15.5. The van der Waals surface area contributed by atoms with Crippen LogP contribution in [0, 0.1) is 5.82 Å². The lowest BCUT2D eigenvalue weighted by Crippen LogP contribution is -2.28. The number of aliphatic carboxylic acids is 1. The van der Waals surface area contributed by atoms with Crippen LogP contribution < -0.4 is 0 Å². The van der Waals surface area contributed by atoms with E-state index in [0.717, 1.165) is 5.56 Å². The molecule has 2 aromatic rings. The number of hydrogen-bond donors (Lipinski definition) is 1. The number of carboxylic acid groups (broad SMARTS) is 1. The summed E-state index contributed by atoms with van der Waals surface area (Å²) >= 11 is 4.46. The van der Waals surface area contributed by atoms with E-state index in [-0.39, 0.29) is 5.82 Å². The molecule has 0 radical (unpaired) electrons. The quantitative estimate of drug-likeness (QED) is 0.913. The molecular weight excluding hydrogens is 333 g/mol. The molecule has 0 aliphatic rings. The molecule has 0 saturated carbocycles. The number of halogens is 2. The summed E-state index contributed by atoms with van der Waals surface area (Å²) < 4.78 is 13.5. The molecule has 6 heteroatoms. The average Bonchev–Trinajstić information content (AvgIpc) is 2.82. The van der Waals surface area contributed by atoms with Crippen LogP contribution in [0.25, 0.3) is 10.6 Å². The summed E-state index contributed by atoms with van der Waals surface area (Å²) in [5, 5.41) is 11.6. The highest BCUT2D eigenvalue weighted by atomic mass is 79.9. The van der Waals surface area contributed by atoms with Gasteiger partial charge >= 0.3 is 5.97 Å². The van der Waals surface area contributed by atoms with E-state index in [9.17, 15) is 9.18 Å². The smallest absolute Gasteiger partial charge is 0.315 e. The minimum atomic E-state index is -1.04. The lowest BCUT2D eigenvalue weighted by Gasteiger charge is -2.15. The van der Waals surface area contributed by atoms with Crippen molar-refractivity contribution < 1.29 is 14.3 Å². The third-order valence-electron chi connectivity index (χ3n) is 2.85. The van der Waals surface area contributed by atoms with Gasteiger partial charge in [0.15, 0.2) is 0 Å². The van der Waals surface area contributed by atoms with Gasteiger partial charge in [-0.25, -0.2) is 9.37 Å². The molecule has 1 heterocycles. The molecule has 0 saturated heterocycles. The van der Waals surface area contributed by atoms with Crippen LogP contribution in [0.3, 0.4) is 0 Å². The Morgan fingerprint density at radius 1 is 1.47 bits per heavy atom. The van der Waals surface area contributed by atoms with Gasteiger partial charge < -0.3 is 5.11 Å². The van der Waals surface area contributed by atoms with Gasteiger partial charge in [0.25, 0.3) is 0 Å². The van der Waals surface area contributed by atoms with Crippen molar-refractivity contribution in [3.8, 4) is 10.6 Å². The Kier molecular flexibility index (Phi) is 3.73. The highest BCUT2D eigenvalue weighted by molar-refractivity contribution is 9.10. The van der Waals surface area contributed by atoms with Crippen LogP contribution >= 0.6 is 27.3 Å². The Morgan fingerprint density at radius 2 is 2.16 bits per heavy atom. The van der Waals surface area contributed by atoms with Crippen molar-refractivity contribution in [2.75, 3.05) is 0 Å². The first-order valence-electron chi connectivity index (χ1n) is 5.47. The van der Waals surface area contributed by atoms with E-state index >= 15 is 0 Å². The number of carboxylic acids is 1. The number of thiazole rings is 1. The molecule has 0 atom stereocenters. The number of aromatic nitrogens is 1. The van der Waals surface area contributed by atoms with Crippen LogP contribution in [0.2, 0.25) is 0 Å². The number of hydrogen-bond acceptors (Lipinski definition) is 3. The van der Waals surface area contributed by atoms with Gasteiger partial charge in [-0.2, -0.15) is 0 Å². The van der Waals surface area contributed by atoms with Crippen LogP contribution in [0.4, 0.5) is 4.39 Å². The first-order chi connectivity index (χ1) is 8.82. The van der Waals surface area contributed by atoms with Gasteiger partial charge in [-0.05, 0) is 48.0 Å². The minimum Gasteiger partial charge on any atom is -0.481 e. The normalized spacial score (nSPS) is 11.6. The molecule has 19 heavy (non-hydrogen) atoms. The van der Waals surface area contributed by atoms with E-state index in [0.29, 0.717) is 15.2 Å². The van der Waals surface area contributed by atoms with Crippen molar-refractivity contribution in [1.29, 1.82) is 0 Å². The second-order valence-electron chi connectivity index (χ2n) is 4.60. The van der Waals surface area contributed by atoms with Crippen LogP contribution in [0.15, 0.2) is 28.1 Å². The number of nitrogens with zero attached hydrogens (tertiary/aromatic N) is 1. The molecule has 1 N–H and O–H groups in total. The first kappa shape index (κ1) is 14.1. The number of benzene rings is 1. The topological polar surface area (TPSA) is 50.2 Å². The summed E-state index contributed by atoms with van der Waals surface area (Å²) in [7, 11) is 0. The maximum Gasteiger partial charge on any atom is 0.315 e. The molecule has 0 amide bonds. The number of rotatable bonds is 3. The number of carbonyl (C=O) groups is 1. The van der Waals surface area contributed by atoms with Crippen LogP contribution in [0.5, 0.6) is 0 Å². The molecule has 2 rings (SSSR count). The lowest BCUT2D eigenvalue weighted by atomic mass is 9.90. The van der Waals surface area contributed by atoms with Crippen molar-refractivity contribution >= 4 is 33.2 Å². The maximum atomic E-state index is 13.2. The zero-order valence-electron chi connectivity index (χ0n) is 10.3. The molecule has 0 bridgehead atoms. The van der Waals surface area contributed by atoms with E-state index < -0.39 is 11.4 Å². The highest BCUT2D eigenvalue weighted by Gasteiger charge is 2.32. The van der Waals surface area contributed by atoms with Crippen molar-refractivity contribution in [1.82, 2.24) is 4.98 Å². The van der Waals surface area contributed by atoms with Crippen molar-refractivity contribution in [3.05, 3.63) is 39.6 Å². The predicted octanol–water partition coefficient (Wildman–Crippen LogP) is 4.07. The Morgan fingerprint density at radius 3 is 2.74 bits per heavy atom. The third kappa shape index (κ3) is 2.69. The molecule has 100 valence electrons. The highest BCUT2D eigenvalue weighted by Crippen LogP contribution is 2.32. The summed E-state index contributed by atoms with van der Waals surface area (Å²) in [6, 6.07) is 4.60. The van der Waals surface area contributed by atoms with E-state index in [1.54, 1.807) is 31.4 Å². The molecule has 0 spiro atoms. The molecule has 0 fully saturated rings. The van der Waals surface area contributed by atoms with Gasteiger partial charge in [0.1, 0.15) is 16.2 Å². The van der Waals surface area contributed by atoms with Crippen LogP contribution in [-0.2, 0) is 10.2 Å². The van der Waals surface area contributed by atoms with Crippen LogP contribution in [0.1, 0.15) is 19.5 Å². The fraction of sp³-hybridized carbons (Fsp3) is 0.231. The van der Waals surface area contributed by atoms with Crippen molar-refractivity contribution in [2.45, 2.75) is 19.3 Å². The van der Waals surface area contributed by atoms with E-state index in [2.05, 4.69) is 20.9 Å². The van der Waals surface area contributed by atoms with Gasteiger partial charge in [0.2, 0.25) is 0 Å². The Labute approximate surface area is 122 Å². The summed E-state index contributed by atoms with van der Waals surface area (Å²) in [6.45, 7) is 3.21. The second kappa shape index (κ2) is 5.02. The molecule has 0 aliphatic carbocycles.